The molecule has 0 bridgehead atoms. The van der Waals surface area contributed by atoms with Gasteiger partial charge in [0.25, 0.3) is 5.91 Å². The zero-order chi connectivity index (χ0) is 17.0. The number of amides is 1. The lowest BCUT2D eigenvalue weighted by Crippen LogP contribution is -2.29. The lowest BCUT2D eigenvalue weighted by molar-refractivity contribution is -0.137. The Hall–Kier alpha value is -1.38. The first-order chi connectivity index (χ1) is 10.9. The highest BCUT2D eigenvalue weighted by molar-refractivity contribution is 9.10. The van der Waals surface area contributed by atoms with Gasteiger partial charge in [-0.15, -0.1) is 0 Å². The summed E-state index contributed by atoms with van der Waals surface area (Å²) in [5.41, 5.74) is 0.851. The van der Waals surface area contributed by atoms with Crippen molar-refractivity contribution in [2.75, 3.05) is 13.7 Å². The molecular weight excluding hydrogens is 402 g/mol. The molecule has 1 amide bonds. The monoisotopic (exact) mass is 415 g/mol. The molecule has 1 N–H and O–H groups in total. The maximum Gasteiger partial charge on any atom is 0.303 e. The van der Waals surface area contributed by atoms with Gasteiger partial charge in [0.2, 0.25) is 0 Å². The fourth-order valence-electron chi connectivity index (χ4n) is 2.00. The van der Waals surface area contributed by atoms with Gasteiger partial charge in [0, 0.05) is 13.0 Å². The zero-order valence-electron chi connectivity index (χ0n) is 12.2. The van der Waals surface area contributed by atoms with Gasteiger partial charge in [-0.05, 0) is 46.1 Å². The lowest BCUT2D eigenvalue weighted by atomic mass is 10.2. The summed E-state index contributed by atoms with van der Waals surface area (Å²) in [6, 6.07) is 5.51. The van der Waals surface area contributed by atoms with E-state index in [0.717, 1.165) is 10.0 Å². The number of carbonyl (C=O) groups is 2. The molecule has 1 heterocycles. The summed E-state index contributed by atoms with van der Waals surface area (Å²) in [5.74, 6) is -0.352. The van der Waals surface area contributed by atoms with E-state index in [0.29, 0.717) is 27.9 Å². The first-order valence-electron chi connectivity index (χ1n) is 6.73. The highest BCUT2D eigenvalue weighted by Gasteiger charge is 2.31. The summed E-state index contributed by atoms with van der Waals surface area (Å²) < 4.78 is 6.43. The summed E-state index contributed by atoms with van der Waals surface area (Å²) in [6.45, 7) is 0.320. The molecule has 5 nitrogen and oxygen atoms in total. The molecule has 2 rings (SSSR count). The first-order valence-corrected chi connectivity index (χ1v) is 8.75. The number of aliphatic carboxylic acids is 1. The number of methoxy groups -OCH3 is 1. The summed E-state index contributed by atoms with van der Waals surface area (Å²) in [6.07, 6.45) is 2.16. The first kappa shape index (κ1) is 18.0. The number of ether oxygens (including phenoxy) is 1. The van der Waals surface area contributed by atoms with Crippen molar-refractivity contribution in [1.29, 1.82) is 0 Å². The molecule has 122 valence electrons. The normalized spacial score (nSPS) is 16.3. The summed E-state index contributed by atoms with van der Waals surface area (Å²) in [7, 11) is 1.59. The van der Waals surface area contributed by atoms with Crippen LogP contribution in [0.4, 0.5) is 0 Å². The predicted octanol–water partition coefficient (Wildman–Crippen LogP) is 3.52. The van der Waals surface area contributed by atoms with Crippen molar-refractivity contribution in [2.45, 2.75) is 12.8 Å². The molecule has 0 radical (unpaired) electrons. The summed E-state index contributed by atoms with van der Waals surface area (Å²) in [4.78, 5) is 24.9. The van der Waals surface area contributed by atoms with E-state index in [1.165, 1.54) is 16.7 Å². The van der Waals surface area contributed by atoms with Crippen LogP contribution in [0, 0.1) is 0 Å². The van der Waals surface area contributed by atoms with Gasteiger partial charge in [-0.3, -0.25) is 14.5 Å². The molecule has 1 aliphatic heterocycles. The van der Waals surface area contributed by atoms with Crippen molar-refractivity contribution in [2.24, 2.45) is 0 Å². The lowest BCUT2D eigenvalue weighted by Gasteiger charge is -2.13. The van der Waals surface area contributed by atoms with Crippen molar-refractivity contribution in [3.63, 3.8) is 0 Å². The smallest absolute Gasteiger partial charge is 0.303 e. The number of carboxylic acid groups (broad SMARTS) is 1. The van der Waals surface area contributed by atoms with Crippen LogP contribution in [0.25, 0.3) is 6.08 Å². The van der Waals surface area contributed by atoms with Crippen molar-refractivity contribution in [3.05, 3.63) is 33.1 Å². The molecule has 1 fully saturated rings. The molecule has 0 aliphatic carbocycles. The van der Waals surface area contributed by atoms with E-state index in [9.17, 15) is 9.59 Å². The van der Waals surface area contributed by atoms with E-state index in [-0.39, 0.29) is 12.3 Å². The fourth-order valence-corrected chi connectivity index (χ4v) is 3.87. The SMILES string of the molecule is COc1ccc(C=C2SC(=S)N(CCCC(=O)O)C2=O)cc1Br. The predicted molar refractivity (Wildman–Crippen MR) is 97.4 cm³/mol. The Morgan fingerprint density at radius 2 is 2.26 bits per heavy atom. The Kier molecular flexibility index (Phi) is 6.20. The molecule has 23 heavy (non-hydrogen) atoms. The van der Waals surface area contributed by atoms with Gasteiger partial charge in [-0.1, -0.05) is 30.0 Å². The number of halogens is 1. The van der Waals surface area contributed by atoms with Crippen LogP contribution in [-0.2, 0) is 9.59 Å². The fraction of sp³-hybridized carbons (Fsp3) is 0.267. The molecule has 0 unspecified atom stereocenters. The summed E-state index contributed by atoms with van der Waals surface area (Å²) >= 11 is 9.84. The number of thiocarbonyl (C=S) groups is 1. The molecule has 1 aromatic rings. The van der Waals surface area contributed by atoms with Crippen molar-refractivity contribution in [3.8, 4) is 5.75 Å². The minimum atomic E-state index is -0.880. The molecule has 1 aromatic carbocycles. The van der Waals surface area contributed by atoms with Gasteiger partial charge in [0.1, 0.15) is 10.1 Å². The molecule has 0 atom stereocenters. The third-order valence-electron chi connectivity index (χ3n) is 3.12. The second-order valence-electron chi connectivity index (χ2n) is 4.72. The number of hydrogen-bond donors (Lipinski definition) is 1. The second kappa shape index (κ2) is 7.94. The van der Waals surface area contributed by atoms with Gasteiger partial charge in [0.05, 0.1) is 16.5 Å². The van der Waals surface area contributed by atoms with E-state index < -0.39 is 5.97 Å². The van der Waals surface area contributed by atoms with E-state index in [1.54, 1.807) is 13.2 Å². The second-order valence-corrected chi connectivity index (χ2v) is 7.25. The number of benzene rings is 1. The average Bonchev–Trinajstić information content (AvgIpc) is 2.74. The number of thioether (sulfide) groups is 1. The van der Waals surface area contributed by atoms with E-state index in [4.69, 9.17) is 22.1 Å². The van der Waals surface area contributed by atoms with Crippen molar-refractivity contribution in [1.82, 2.24) is 4.90 Å². The van der Waals surface area contributed by atoms with Gasteiger partial charge in [0.15, 0.2) is 0 Å². The Morgan fingerprint density at radius 1 is 1.52 bits per heavy atom. The Morgan fingerprint density at radius 3 is 2.87 bits per heavy atom. The third-order valence-corrected chi connectivity index (χ3v) is 5.12. The van der Waals surface area contributed by atoms with Crippen LogP contribution >= 0.6 is 39.9 Å². The molecule has 0 saturated carbocycles. The molecule has 0 spiro atoms. The van der Waals surface area contributed by atoms with Crippen LogP contribution in [-0.4, -0.2) is 39.9 Å². The van der Waals surface area contributed by atoms with E-state index in [1.807, 2.05) is 18.2 Å². The minimum absolute atomic E-state index is 0.0154. The Balaban J connectivity index is 2.11. The third kappa shape index (κ3) is 4.55. The molecule has 1 aliphatic rings. The van der Waals surface area contributed by atoms with Crippen LogP contribution in [0.15, 0.2) is 27.6 Å². The number of carbonyl (C=O) groups excluding carboxylic acids is 1. The van der Waals surface area contributed by atoms with Crippen LogP contribution in [0.1, 0.15) is 18.4 Å². The highest BCUT2D eigenvalue weighted by atomic mass is 79.9. The molecular formula is C15H14BrNO4S2. The van der Waals surface area contributed by atoms with Crippen molar-refractivity contribution >= 4 is 62.2 Å². The van der Waals surface area contributed by atoms with Gasteiger partial charge >= 0.3 is 5.97 Å². The largest absolute Gasteiger partial charge is 0.496 e. The number of carboxylic acids is 1. The van der Waals surface area contributed by atoms with Crippen LogP contribution < -0.4 is 4.74 Å². The zero-order valence-corrected chi connectivity index (χ0v) is 15.5. The van der Waals surface area contributed by atoms with Gasteiger partial charge in [-0.25, -0.2) is 0 Å². The van der Waals surface area contributed by atoms with E-state index >= 15 is 0 Å². The van der Waals surface area contributed by atoms with Crippen LogP contribution in [0.2, 0.25) is 0 Å². The maximum atomic E-state index is 12.4. The molecule has 1 saturated heterocycles. The Bertz CT molecular complexity index is 690. The Labute approximate surface area is 151 Å². The van der Waals surface area contributed by atoms with Crippen LogP contribution in [0.5, 0.6) is 5.75 Å². The highest BCUT2D eigenvalue weighted by Crippen LogP contribution is 2.34. The topological polar surface area (TPSA) is 66.8 Å². The van der Waals surface area contributed by atoms with Gasteiger partial charge in [-0.2, -0.15) is 0 Å². The van der Waals surface area contributed by atoms with E-state index in [2.05, 4.69) is 15.9 Å². The van der Waals surface area contributed by atoms with Gasteiger partial charge < -0.3 is 9.84 Å². The quantitative estimate of drug-likeness (QED) is 0.566. The standard InChI is InChI=1S/C15H14BrNO4S2/c1-21-11-5-4-9(7-10(11)16)8-12-14(20)17(15(22)23-12)6-2-3-13(18)19/h4-5,7-8H,2-3,6H2,1H3,(H,18,19). The van der Waals surface area contributed by atoms with Crippen LogP contribution in [0.3, 0.4) is 0 Å². The summed E-state index contributed by atoms with van der Waals surface area (Å²) in [5, 5.41) is 8.67. The number of nitrogens with zero attached hydrogens (tertiary/aromatic N) is 1. The average molecular weight is 416 g/mol. The maximum absolute atomic E-state index is 12.4. The number of rotatable bonds is 6. The van der Waals surface area contributed by atoms with Crippen molar-refractivity contribution < 1.29 is 19.4 Å². The molecule has 0 aromatic heterocycles. The minimum Gasteiger partial charge on any atom is -0.496 e. The molecule has 8 heteroatoms. The number of hydrogen-bond acceptors (Lipinski definition) is 5.